The lowest BCUT2D eigenvalue weighted by Gasteiger charge is -2.04. The van der Waals surface area contributed by atoms with E-state index in [-0.39, 0.29) is 0 Å². The molecule has 1 aromatic rings. The van der Waals surface area contributed by atoms with Crippen LogP contribution in [-0.4, -0.2) is 11.7 Å². The number of aliphatic hydroxyl groups is 1. The van der Waals surface area contributed by atoms with E-state index in [1.54, 1.807) is 0 Å². The first-order valence-corrected chi connectivity index (χ1v) is 11.1. The molecule has 0 atom stereocenters. The van der Waals surface area contributed by atoms with Crippen LogP contribution in [0.2, 0.25) is 0 Å². The fourth-order valence-electron chi connectivity index (χ4n) is 3.56. The number of hydrogen-bond donors (Lipinski definition) is 1. The van der Waals surface area contributed by atoms with Crippen LogP contribution in [0.5, 0.6) is 0 Å². The van der Waals surface area contributed by atoms with E-state index in [0.29, 0.717) is 6.61 Å². The maximum atomic E-state index is 8.72. The van der Waals surface area contributed by atoms with Crippen molar-refractivity contribution in [3.63, 3.8) is 0 Å². The average Bonchev–Trinajstić information content (AvgIpc) is 2.65. The topological polar surface area (TPSA) is 20.2 Å². The summed E-state index contributed by atoms with van der Waals surface area (Å²) < 4.78 is 0. The number of hydrogen-bond acceptors (Lipinski definition) is 1. The second-order valence-electron chi connectivity index (χ2n) is 7.62. The molecule has 0 amide bonds. The molecule has 0 saturated carbocycles. The molecule has 0 spiro atoms. The van der Waals surface area contributed by atoms with Crippen LogP contribution >= 0.6 is 0 Å². The van der Waals surface area contributed by atoms with Crippen molar-refractivity contribution in [2.45, 2.75) is 109 Å². The molecule has 0 aliphatic rings. The van der Waals surface area contributed by atoms with Gasteiger partial charge in [0.05, 0.1) is 0 Å². The SMILES string of the molecule is OCCCCCCCCCCCCCCCCCCc1ccccc1. The minimum atomic E-state index is 0.369. The predicted molar refractivity (Wildman–Crippen MR) is 111 cm³/mol. The Morgan fingerprint density at radius 3 is 1.20 bits per heavy atom. The molecule has 1 rings (SSSR count). The average molecular weight is 347 g/mol. The molecule has 0 fully saturated rings. The van der Waals surface area contributed by atoms with E-state index in [1.165, 1.54) is 108 Å². The Hall–Kier alpha value is -0.820. The standard InChI is InChI=1S/C24H42O/c25-23-19-14-12-10-8-6-4-2-1-3-5-7-9-11-13-16-20-24-21-17-15-18-22-24/h15,17-18,21-22,25H,1-14,16,19-20,23H2. The van der Waals surface area contributed by atoms with Gasteiger partial charge in [-0.05, 0) is 24.8 Å². The first kappa shape index (κ1) is 22.2. The highest BCUT2D eigenvalue weighted by molar-refractivity contribution is 5.14. The molecule has 0 aromatic heterocycles. The van der Waals surface area contributed by atoms with Gasteiger partial charge in [-0.25, -0.2) is 0 Å². The molecule has 0 unspecified atom stereocenters. The van der Waals surface area contributed by atoms with Crippen molar-refractivity contribution in [3.05, 3.63) is 35.9 Å². The van der Waals surface area contributed by atoms with E-state index in [9.17, 15) is 0 Å². The summed E-state index contributed by atoms with van der Waals surface area (Å²) in [4.78, 5) is 0. The molecule has 0 heterocycles. The van der Waals surface area contributed by atoms with Crippen molar-refractivity contribution in [1.29, 1.82) is 0 Å². The third-order valence-electron chi connectivity index (χ3n) is 5.22. The molecule has 0 radical (unpaired) electrons. The highest BCUT2D eigenvalue weighted by Gasteiger charge is 1.95. The van der Waals surface area contributed by atoms with Crippen molar-refractivity contribution in [3.8, 4) is 0 Å². The van der Waals surface area contributed by atoms with Crippen molar-refractivity contribution in [2.24, 2.45) is 0 Å². The minimum Gasteiger partial charge on any atom is -0.396 e. The van der Waals surface area contributed by atoms with E-state index in [1.807, 2.05) is 0 Å². The smallest absolute Gasteiger partial charge is 0.0431 e. The Morgan fingerprint density at radius 2 is 0.800 bits per heavy atom. The van der Waals surface area contributed by atoms with Crippen molar-refractivity contribution < 1.29 is 5.11 Å². The molecule has 1 heteroatoms. The normalized spacial score (nSPS) is 11.1. The summed E-state index contributed by atoms with van der Waals surface area (Å²) >= 11 is 0. The highest BCUT2D eigenvalue weighted by Crippen LogP contribution is 2.14. The van der Waals surface area contributed by atoms with E-state index in [2.05, 4.69) is 30.3 Å². The molecule has 0 aliphatic heterocycles. The number of aryl methyl sites for hydroxylation is 1. The number of aliphatic hydroxyl groups excluding tert-OH is 1. The summed E-state index contributed by atoms with van der Waals surface area (Å²) in [5.41, 5.74) is 1.49. The van der Waals surface area contributed by atoms with Gasteiger partial charge in [0.25, 0.3) is 0 Å². The molecular weight excluding hydrogens is 304 g/mol. The van der Waals surface area contributed by atoms with Crippen LogP contribution in [0, 0.1) is 0 Å². The van der Waals surface area contributed by atoms with Gasteiger partial charge in [-0.2, -0.15) is 0 Å². The molecule has 0 saturated heterocycles. The Balaban J connectivity index is 1.69. The fourth-order valence-corrected chi connectivity index (χ4v) is 3.56. The summed E-state index contributed by atoms with van der Waals surface area (Å²) in [5.74, 6) is 0. The molecule has 1 nitrogen and oxygen atoms in total. The summed E-state index contributed by atoms with van der Waals surface area (Å²) in [6, 6.07) is 10.9. The first-order chi connectivity index (χ1) is 12.4. The minimum absolute atomic E-state index is 0.369. The van der Waals surface area contributed by atoms with Gasteiger partial charge < -0.3 is 5.11 Å². The van der Waals surface area contributed by atoms with Gasteiger partial charge in [0, 0.05) is 6.61 Å². The van der Waals surface area contributed by atoms with Gasteiger partial charge in [0.2, 0.25) is 0 Å². The molecule has 25 heavy (non-hydrogen) atoms. The monoisotopic (exact) mass is 346 g/mol. The number of benzene rings is 1. The molecule has 144 valence electrons. The molecular formula is C24H42O. The first-order valence-electron chi connectivity index (χ1n) is 11.1. The zero-order chi connectivity index (χ0) is 17.8. The quantitative estimate of drug-likeness (QED) is 0.273. The summed E-state index contributed by atoms with van der Waals surface area (Å²) in [6.07, 6.45) is 23.2. The van der Waals surface area contributed by atoms with Crippen molar-refractivity contribution in [2.75, 3.05) is 6.61 Å². The second kappa shape index (κ2) is 18.0. The zero-order valence-corrected chi connectivity index (χ0v) is 16.6. The Kier molecular flexibility index (Phi) is 16.0. The third-order valence-corrected chi connectivity index (χ3v) is 5.22. The van der Waals surface area contributed by atoms with E-state index < -0.39 is 0 Å². The largest absolute Gasteiger partial charge is 0.396 e. The van der Waals surface area contributed by atoms with Gasteiger partial charge in [0.1, 0.15) is 0 Å². The Bertz CT molecular complexity index is 360. The van der Waals surface area contributed by atoms with Gasteiger partial charge in [-0.3, -0.25) is 0 Å². The summed E-state index contributed by atoms with van der Waals surface area (Å²) in [6.45, 7) is 0.369. The van der Waals surface area contributed by atoms with Crippen molar-refractivity contribution in [1.82, 2.24) is 0 Å². The van der Waals surface area contributed by atoms with E-state index in [0.717, 1.165) is 6.42 Å². The molecule has 1 N–H and O–H groups in total. The number of rotatable bonds is 18. The zero-order valence-electron chi connectivity index (χ0n) is 16.6. The lowest BCUT2D eigenvalue weighted by Crippen LogP contribution is -1.86. The van der Waals surface area contributed by atoms with Gasteiger partial charge >= 0.3 is 0 Å². The summed E-state index contributed by atoms with van der Waals surface area (Å²) in [7, 11) is 0. The second-order valence-corrected chi connectivity index (χ2v) is 7.62. The maximum absolute atomic E-state index is 8.72. The van der Waals surface area contributed by atoms with Crippen LogP contribution in [0.4, 0.5) is 0 Å². The van der Waals surface area contributed by atoms with Crippen LogP contribution in [0.3, 0.4) is 0 Å². The van der Waals surface area contributed by atoms with Crippen LogP contribution in [0.15, 0.2) is 30.3 Å². The summed E-state index contributed by atoms with van der Waals surface area (Å²) in [5, 5.41) is 8.72. The lowest BCUT2D eigenvalue weighted by atomic mass is 10.0. The van der Waals surface area contributed by atoms with Crippen LogP contribution in [0.25, 0.3) is 0 Å². The van der Waals surface area contributed by atoms with Gasteiger partial charge in [-0.1, -0.05) is 120 Å². The Morgan fingerprint density at radius 1 is 0.440 bits per heavy atom. The third kappa shape index (κ3) is 15.2. The van der Waals surface area contributed by atoms with Gasteiger partial charge in [0.15, 0.2) is 0 Å². The van der Waals surface area contributed by atoms with Crippen LogP contribution in [0.1, 0.15) is 108 Å². The molecule has 0 aliphatic carbocycles. The Labute approximate surface area is 157 Å². The molecule has 1 aromatic carbocycles. The van der Waals surface area contributed by atoms with Crippen molar-refractivity contribution >= 4 is 0 Å². The molecule has 0 bridgehead atoms. The number of unbranched alkanes of at least 4 members (excludes halogenated alkanes) is 15. The van der Waals surface area contributed by atoms with E-state index in [4.69, 9.17) is 5.11 Å². The van der Waals surface area contributed by atoms with E-state index >= 15 is 0 Å². The maximum Gasteiger partial charge on any atom is 0.0431 e. The lowest BCUT2D eigenvalue weighted by molar-refractivity contribution is 0.282. The van der Waals surface area contributed by atoms with Gasteiger partial charge in [-0.15, -0.1) is 0 Å². The predicted octanol–water partition coefficient (Wildman–Crippen LogP) is 7.46. The van der Waals surface area contributed by atoms with Crippen LogP contribution < -0.4 is 0 Å². The fraction of sp³-hybridized carbons (Fsp3) is 0.750. The van der Waals surface area contributed by atoms with Crippen LogP contribution in [-0.2, 0) is 6.42 Å². The highest BCUT2D eigenvalue weighted by atomic mass is 16.2.